The number of rotatable bonds is 3. The van der Waals surface area contributed by atoms with E-state index in [4.69, 9.17) is 5.73 Å². The van der Waals surface area contributed by atoms with E-state index in [9.17, 15) is 0 Å². The van der Waals surface area contributed by atoms with Crippen molar-refractivity contribution in [2.45, 2.75) is 26.2 Å². The van der Waals surface area contributed by atoms with Gasteiger partial charge < -0.3 is 11.1 Å². The fourth-order valence-electron chi connectivity index (χ4n) is 1.77. The summed E-state index contributed by atoms with van der Waals surface area (Å²) in [5.74, 6) is 0.870. The van der Waals surface area contributed by atoms with Gasteiger partial charge in [-0.1, -0.05) is 12.5 Å². The van der Waals surface area contributed by atoms with Crippen molar-refractivity contribution in [3.05, 3.63) is 23.8 Å². The van der Waals surface area contributed by atoms with Crippen LogP contribution in [-0.2, 0) is 0 Å². The molecule has 1 aliphatic carbocycles. The summed E-state index contributed by atoms with van der Waals surface area (Å²) >= 11 is 0. The number of benzene rings is 1. The fourth-order valence-corrected chi connectivity index (χ4v) is 1.77. The molecular formula is C12H18N2. The Kier molecular flexibility index (Phi) is 2.62. The minimum atomic E-state index is 0.856. The number of nitrogen functional groups attached to an aromatic ring is 1. The van der Waals surface area contributed by atoms with E-state index in [0.717, 1.165) is 23.8 Å². The van der Waals surface area contributed by atoms with E-state index in [1.807, 2.05) is 12.1 Å². The third kappa shape index (κ3) is 2.00. The van der Waals surface area contributed by atoms with Crippen molar-refractivity contribution >= 4 is 11.4 Å². The van der Waals surface area contributed by atoms with Gasteiger partial charge in [0.2, 0.25) is 0 Å². The summed E-state index contributed by atoms with van der Waals surface area (Å²) in [5.41, 5.74) is 9.08. The highest BCUT2D eigenvalue weighted by Crippen LogP contribution is 2.27. The molecule has 2 nitrogen and oxygen atoms in total. The Bertz CT molecular complexity index is 316. The number of hydrogen-bond acceptors (Lipinski definition) is 2. The zero-order valence-electron chi connectivity index (χ0n) is 8.72. The molecule has 0 aromatic heterocycles. The third-order valence-electron chi connectivity index (χ3n) is 3.01. The Labute approximate surface area is 85.5 Å². The number of nitrogens with two attached hydrogens (primary N) is 1. The predicted octanol–water partition coefficient (Wildman–Crippen LogP) is 2.79. The second-order valence-electron chi connectivity index (χ2n) is 4.27. The van der Waals surface area contributed by atoms with E-state index >= 15 is 0 Å². The average Bonchev–Trinajstić information content (AvgIpc) is 2.08. The molecule has 0 atom stereocenters. The second-order valence-corrected chi connectivity index (χ2v) is 4.27. The van der Waals surface area contributed by atoms with E-state index in [0.29, 0.717) is 0 Å². The number of aryl methyl sites for hydroxylation is 1. The summed E-state index contributed by atoms with van der Waals surface area (Å²) in [5, 5.41) is 3.43. The lowest BCUT2D eigenvalue weighted by Crippen LogP contribution is -2.21. The molecule has 1 fully saturated rings. The van der Waals surface area contributed by atoms with Gasteiger partial charge in [-0.3, -0.25) is 0 Å². The molecule has 1 aromatic rings. The van der Waals surface area contributed by atoms with Crippen LogP contribution in [0.1, 0.15) is 24.8 Å². The van der Waals surface area contributed by atoms with Crippen LogP contribution < -0.4 is 11.1 Å². The minimum Gasteiger partial charge on any atom is -0.397 e. The van der Waals surface area contributed by atoms with Crippen molar-refractivity contribution in [2.75, 3.05) is 17.6 Å². The van der Waals surface area contributed by atoms with Gasteiger partial charge >= 0.3 is 0 Å². The van der Waals surface area contributed by atoms with Crippen LogP contribution in [0.4, 0.5) is 11.4 Å². The van der Waals surface area contributed by atoms with E-state index in [-0.39, 0.29) is 0 Å². The summed E-state index contributed by atoms with van der Waals surface area (Å²) in [7, 11) is 0. The van der Waals surface area contributed by atoms with Gasteiger partial charge in [0.05, 0.1) is 11.4 Å². The lowest BCUT2D eigenvalue weighted by atomic mass is 9.85. The zero-order valence-corrected chi connectivity index (χ0v) is 8.72. The van der Waals surface area contributed by atoms with E-state index in [1.165, 1.54) is 24.8 Å². The number of nitrogens with one attached hydrogen (secondary N) is 1. The standard InChI is InChI=1S/C12H18N2/c1-9-5-6-11(13)12(7-9)14-8-10-3-2-4-10/h5-7,10,14H,2-4,8,13H2,1H3. The minimum absolute atomic E-state index is 0.856. The van der Waals surface area contributed by atoms with Crippen LogP contribution in [0.15, 0.2) is 18.2 Å². The van der Waals surface area contributed by atoms with Crippen LogP contribution in [0.3, 0.4) is 0 Å². The molecule has 1 aromatic carbocycles. The Morgan fingerprint density at radius 3 is 2.86 bits per heavy atom. The highest BCUT2D eigenvalue weighted by atomic mass is 14.9. The molecule has 1 aliphatic rings. The molecule has 0 spiro atoms. The maximum Gasteiger partial charge on any atom is 0.0576 e. The molecule has 3 N–H and O–H groups in total. The monoisotopic (exact) mass is 190 g/mol. The summed E-state index contributed by atoms with van der Waals surface area (Å²) in [4.78, 5) is 0. The molecule has 0 bridgehead atoms. The molecule has 14 heavy (non-hydrogen) atoms. The van der Waals surface area contributed by atoms with E-state index in [2.05, 4.69) is 18.3 Å². The lowest BCUT2D eigenvalue weighted by Gasteiger charge is -2.26. The maximum atomic E-state index is 5.87. The SMILES string of the molecule is Cc1ccc(N)c(NCC2CCC2)c1. The Balaban J connectivity index is 1.96. The molecule has 0 saturated heterocycles. The van der Waals surface area contributed by atoms with Gasteiger partial charge in [0.1, 0.15) is 0 Å². The van der Waals surface area contributed by atoms with Crippen LogP contribution in [0.25, 0.3) is 0 Å². The molecule has 1 saturated carbocycles. The largest absolute Gasteiger partial charge is 0.397 e. The van der Waals surface area contributed by atoms with Crippen LogP contribution in [0.5, 0.6) is 0 Å². The van der Waals surface area contributed by atoms with Gasteiger partial charge in [-0.2, -0.15) is 0 Å². The topological polar surface area (TPSA) is 38.0 Å². The summed E-state index contributed by atoms with van der Waals surface area (Å²) < 4.78 is 0. The molecule has 0 radical (unpaired) electrons. The maximum absolute atomic E-state index is 5.87. The van der Waals surface area contributed by atoms with Crippen molar-refractivity contribution in [3.63, 3.8) is 0 Å². The van der Waals surface area contributed by atoms with Gasteiger partial charge in [-0.15, -0.1) is 0 Å². The highest BCUT2D eigenvalue weighted by molar-refractivity contribution is 5.66. The third-order valence-corrected chi connectivity index (χ3v) is 3.01. The Morgan fingerprint density at radius 1 is 1.43 bits per heavy atom. The van der Waals surface area contributed by atoms with Gasteiger partial charge in [-0.05, 0) is 43.4 Å². The molecule has 2 rings (SSSR count). The van der Waals surface area contributed by atoms with Crippen molar-refractivity contribution in [1.29, 1.82) is 0 Å². The van der Waals surface area contributed by atoms with Crippen molar-refractivity contribution in [1.82, 2.24) is 0 Å². The molecule has 2 heteroatoms. The van der Waals surface area contributed by atoms with Gasteiger partial charge in [-0.25, -0.2) is 0 Å². The smallest absolute Gasteiger partial charge is 0.0576 e. The van der Waals surface area contributed by atoms with E-state index < -0.39 is 0 Å². The normalized spacial score (nSPS) is 16.4. The number of anilines is 2. The molecule has 76 valence electrons. The molecule has 0 aliphatic heterocycles. The second kappa shape index (κ2) is 3.91. The Morgan fingerprint density at radius 2 is 2.21 bits per heavy atom. The first kappa shape index (κ1) is 9.38. The fraction of sp³-hybridized carbons (Fsp3) is 0.500. The van der Waals surface area contributed by atoms with Gasteiger partial charge in [0.25, 0.3) is 0 Å². The first-order valence-corrected chi connectivity index (χ1v) is 5.36. The molecule has 0 heterocycles. The van der Waals surface area contributed by atoms with Crippen LogP contribution >= 0.6 is 0 Å². The predicted molar refractivity (Wildman–Crippen MR) is 61.4 cm³/mol. The quantitative estimate of drug-likeness (QED) is 0.719. The van der Waals surface area contributed by atoms with Crippen LogP contribution in [-0.4, -0.2) is 6.54 Å². The molecule has 0 unspecified atom stereocenters. The highest BCUT2D eigenvalue weighted by Gasteiger charge is 2.16. The summed E-state index contributed by atoms with van der Waals surface area (Å²) in [6.45, 7) is 3.17. The summed E-state index contributed by atoms with van der Waals surface area (Å²) in [6, 6.07) is 6.14. The van der Waals surface area contributed by atoms with Crippen LogP contribution in [0, 0.1) is 12.8 Å². The van der Waals surface area contributed by atoms with Crippen LogP contribution in [0.2, 0.25) is 0 Å². The molecule has 0 amide bonds. The van der Waals surface area contributed by atoms with Crippen molar-refractivity contribution < 1.29 is 0 Å². The Hall–Kier alpha value is -1.18. The average molecular weight is 190 g/mol. The molecular weight excluding hydrogens is 172 g/mol. The first-order valence-electron chi connectivity index (χ1n) is 5.36. The van der Waals surface area contributed by atoms with Crippen molar-refractivity contribution in [2.24, 2.45) is 5.92 Å². The lowest BCUT2D eigenvalue weighted by molar-refractivity contribution is 0.333. The van der Waals surface area contributed by atoms with Gasteiger partial charge in [0.15, 0.2) is 0 Å². The summed E-state index contributed by atoms with van der Waals surface area (Å²) in [6.07, 6.45) is 4.15. The van der Waals surface area contributed by atoms with Crippen molar-refractivity contribution in [3.8, 4) is 0 Å². The van der Waals surface area contributed by atoms with Gasteiger partial charge in [0, 0.05) is 6.54 Å². The zero-order chi connectivity index (χ0) is 9.97. The first-order chi connectivity index (χ1) is 6.75. The number of hydrogen-bond donors (Lipinski definition) is 2. The van der Waals surface area contributed by atoms with E-state index in [1.54, 1.807) is 0 Å².